The molecule has 0 nitrogen and oxygen atoms in total. The topological polar surface area (TPSA) is 0 Å². The van der Waals surface area contributed by atoms with Gasteiger partial charge in [-0.1, -0.05) is 77.5 Å². The summed E-state index contributed by atoms with van der Waals surface area (Å²) in [5.74, 6) is 9.38. The maximum absolute atomic E-state index is 3.76. The molecule has 0 aliphatic carbocycles. The predicted molar refractivity (Wildman–Crippen MR) is 98.0 cm³/mol. The van der Waals surface area contributed by atoms with E-state index in [-0.39, 0.29) is 0 Å². The van der Waals surface area contributed by atoms with E-state index in [4.69, 9.17) is 0 Å². The number of hydrogen-bond acceptors (Lipinski definition) is 0. The average molecular weight is 283 g/mol. The van der Waals surface area contributed by atoms with Crippen LogP contribution in [-0.4, -0.2) is 6.15 Å². The molecule has 1 heteroatoms. The molecule has 0 amide bonds. The maximum atomic E-state index is 3.76. The predicted octanol–water partition coefficient (Wildman–Crippen LogP) is 5.99. The van der Waals surface area contributed by atoms with Crippen molar-refractivity contribution < 1.29 is 0 Å². The second-order valence-electron chi connectivity index (χ2n) is 8.00. The van der Waals surface area contributed by atoms with E-state index >= 15 is 0 Å². The van der Waals surface area contributed by atoms with Crippen LogP contribution >= 0.6 is 0 Å². The molecule has 1 aromatic rings. The highest BCUT2D eigenvalue weighted by molar-refractivity contribution is 6.87. The Bertz CT molecular complexity index is 433. The molecule has 21 heavy (non-hydrogen) atoms. The van der Waals surface area contributed by atoms with E-state index in [0.717, 1.165) is 5.56 Å². The van der Waals surface area contributed by atoms with Gasteiger partial charge in [0.15, 0.2) is 0 Å². The van der Waals surface area contributed by atoms with Gasteiger partial charge < -0.3 is 5.82 Å². The summed E-state index contributed by atoms with van der Waals surface area (Å²) in [6.45, 7) is 14.0. The Balaban J connectivity index is 3.11. The van der Waals surface area contributed by atoms with Crippen molar-refractivity contribution in [2.45, 2.75) is 60.5 Å². The second-order valence-corrected chi connectivity index (χ2v) is 8.00. The van der Waals surface area contributed by atoms with Gasteiger partial charge in [0.25, 0.3) is 0 Å². The molecular formula is C20H32B-. The first-order chi connectivity index (χ1) is 9.83. The van der Waals surface area contributed by atoms with Gasteiger partial charge in [0.05, 0.1) is 6.15 Å². The van der Waals surface area contributed by atoms with Crippen molar-refractivity contribution in [3.8, 4) is 11.7 Å². The van der Waals surface area contributed by atoms with Gasteiger partial charge in [-0.3, -0.25) is 0 Å². The summed E-state index contributed by atoms with van der Waals surface area (Å²) in [5.41, 5.74) is 1.15. The lowest BCUT2D eigenvalue weighted by molar-refractivity contribution is 0.650. The Labute approximate surface area is 132 Å². The highest BCUT2D eigenvalue weighted by atomic mass is 14.1. The fourth-order valence-corrected chi connectivity index (χ4v) is 3.93. The van der Waals surface area contributed by atoms with E-state index in [1.54, 1.807) is 0 Å². The van der Waals surface area contributed by atoms with Gasteiger partial charge in [0.1, 0.15) is 0 Å². The zero-order chi connectivity index (χ0) is 15.9. The van der Waals surface area contributed by atoms with Gasteiger partial charge in [-0.15, -0.1) is 5.92 Å². The van der Waals surface area contributed by atoms with Crippen LogP contribution in [-0.2, 0) is 0 Å². The molecular weight excluding hydrogens is 251 g/mol. The van der Waals surface area contributed by atoms with Crippen LogP contribution in [0.15, 0.2) is 30.3 Å². The van der Waals surface area contributed by atoms with Crippen molar-refractivity contribution in [2.75, 3.05) is 0 Å². The Hall–Kier alpha value is -1.16. The van der Waals surface area contributed by atoms with Crippen molar-refractivity contribution in [2.24, 2.45) is 17.8 Å². The van der Waals surface area contributed by atoms with Gasteiger partial charge in [-0.25, -0.2) is 0 Å². The van der Waals surface area contributed by atoms with Crippen LogP contribution < -0.4 is 0 Å². The molecule has 0 radical (unpaired) electrons. The Kier molecular flexibility index (Phi) is 7.10. The molecule has 0 spiro atoms. The minimum Gasteiger partial charge on any atom is -0.309 e. The summed E-state index contributed by atoms with van der Waals surface area (Å²) < 4.78 is 0. The summed E-state index contributed by atoms with van der Waals surface area (Å²) in [6, 6.07) is 10.4. The van der Waals surface area contributed by atoms with Crippen molar-refractivity contribution in [3.05, 3.63) is 35.9 Å². The molecule has 0 unspecified atom stereocenters. The zero-order valence-corrected chi connectivity index (χ0v) is 14.8. The van der Waals surface area contributed by atoms with Crippen LogP contribution in [0.25, 0.3) is 0 Å². The van der Waals surface area contributed by atoms with Gasteiger partial charge >= 0.3 is 0 Å². The molecule has 0 aromatic heterocycles. The molecule has 0 aliphatic rings. The molecule has 0 atom stereocenters. The largest absolute Gasteiger partial charge is 0.309 e. The third kappa shape index (κ3) is 6.90. The SMILES string of the molecule is CC(C)C[B-](C#Cc1ccccc1)(CC(C)C)CC(C)C. The first kappa shape index (κ1) is 17.9. The molecule has 0 fully saturated rings. The molecule has 0 N–H and O–H groups in total. The van der Waals surface area contributed by atoms with Crippen molar-refractivity contribution in [3.63, 3.8) is 0 Å². The normalized spacial score (nSPS) is 11.9. The van der Waals surface area contributed by atoms with Crippen molar-refractivity contribution >= 4 is 6.15 Å². The third-order valence-corrected chi connectivity index (χ3v) is 4.06. The third-order valence-electron chi connectivity index (χ3n) is 4.06. The van der Waals surface area contributed by atoms with Crippen LogP contribution in [0.4, 0.5) is 0 Å². The Morgan fingerprint density at radius 2 is 1.19 bits per heavy atom. The summed E-state index contributed by atoms with van der Waals surface area (Å²) in [4.78, 5) is 0. The monoisotopic (exact) mass is 283 g/mol. The summed E-state index contributed by atoms with van der Waals surface area (Å²) >= 11 is 0. The fourth-order valence-electron chi connectivity index (χ4n) is 3.93. The number of hydrogen-bond donors (Lipinski definition) is 0. The maximum Gasteiger partial charge on any atom is 0.0721 e. The molecule has 1 rings (SSSR count). The second kappa shape index (κ2) is 8.33. The first-order valence-electron chi connectivity index (χ1n) is 8.61. The molecule has 0 saturated heterocycles. The van der Waals surface area contributed by atoms with Crippen LogP contribution in [0.3, 0.4) is 0 Å². The van der Waals surface area contributed by atoms with Gasteiger partial charge in [-0.2, -0.15) is 19.0 Å². The van der Waals surface area contributed by atoms with E-state index in [0.29, 0.717) is 17.8 Å². The van der Waals surface area contributed by atoms with Crippen LogP contribution in [0.2, 0.25) is 19.0 Å². The molecule has 0 heterocycles. The molecule has 116 valence electrons. The van der Waals surface area contributed by atoms with Crippen LogP contribution in [0, 0.1) is 29.5 Å². The van der Waals surface area contributed by atoms with Crippen molar-refractivity contribution in [1.29, 1.82) is 0 Å². The van der Waals surface area contributed by atoms with Crippen LogP contribution in [0.1, 0.15) is 47.1 Å². The van der Waals surface area contributed by atoms with E-state index in [9.17, 15) is 0 Å². The van der Waals surface area contributed by atoms with E-state index < -0.39 is 6.15 Å². The summed E-state index contributed by atoms with van der Waals surface area (Å²) in [7, 11) is 0. The lowest BCUT2D eigenvalue weighted by Crippen LogP contribution is -2.37. The summed E-state index contributed by atoms with van der Waals surface area (Å²) in [6.07, 6.45) is 3.18. The van der Waals surface area contributed by atoms with Gasteiger partial charge in [0.2, 0.25) is 0 Å². The van der Waals surface area contributed by atoms with Crippen LogP contribution in [0.5, 0.6) is 0 Å². The lowest BCUT2D eigenvalue weighted by Gasteiger charge is -2.39. The lowest BCUT2D eigenvalue weighted by atomic mass is 9.18. The Morgan fingerprint density at radius 1 is 0.762 bits per heavy atom. The highest BCUT2D eigenvalue weighted by Crippen LogP contribution is 2.31. The van der Waals surface area contributed by atoms with E-state index in [1.165, 1.54) is 19.0 Å². The number of rotatable bonds is 6. The average Bonchev–Trinajstić information content (AvgIpc) is 2.35. The molecule has 1 aromatic carbocycles. The number of benzene rings is 1. The molecule has 0 aliphatic heterocycles. The van der Waals surface area contributed by atoms with E-state index in [2.05, 4.69) is 83.6 Å². The quantitative estimate of drug-likeness (QED) is 0.444. The van der Waals surface area contributed by atoms with Gasteiger partial charge in [-0.05, 0) is 12.1 Å². The highest BCUT2D eigenvalue weighted by Gasteiger charge is 2.25. The fraction of sp³-hybridized carbons (Fsp3) is 0.600. The minimum absolute atomic E-state index is 0.600. The summed E-state index contributed by atoms with van der Waals surface area (Å²) in [5, 5.41) is 0. The first-order valence-corrected chi connectivity index (χ1v) is 8.61. The minimum atomic E-state index is -0.600. The standard InChI is InChI=1S/C20H32B/c1-17(2)14-21(15-18(3)4,16-19(5)6)13-12-20-10-8-7-9-11-20/h7-11,17-19H,14-16H2,1-6H3/q-1. The van der Waals surface area contributed by atoms with E-state index in [1.807, 2.05) is 0 Å². The van der Waals surface area contributed by atoms with Gasteiger partial charge in [0, 0.05) is 5.56 Å². The van der Waals surface area contributed by atoms with Crippen molar-refractivity contribution in [1.82, 2.24) is 0 Å². The Morgan fingerprint density at radius 3 is 1.57 bits per heavy atom. The molecule has 0 saturated carbocycles. The molecule has 0 bridgehead atoms. The zero-order valence-electron chi connectivity index (χ0n) is 14.8. The smallest absolute Gasteiger partial charge is 0.0721 e.